The third-order valence-corrected chi connectivity index (χ3v) is 5.24. The fraction of sp³-hybridized carbons (Fsp3) is 0.647. The van der Waals surface area contributed by atoms with Crippen LogP contribution in [0.2, 0.25) is 0 Å². The molecule has 3 heteroatoms. The summed E-state index contributed by atoms with van der Waals surface area (Å²) >= 11 is 0. The molecule has 1 saturated heterocycles. The Labute approximate surface area is 122 Å². The first-order valence-corrected chi connectivity index (χ1v) is 7.78. The average Bonchev–Trinajstić information content (AvgIpc) is 2.96. The smallest absolute Gasteiger partial charge is 0.0503 e. The van der Waals surface area contributed by atoms with Gasteiger partial charge in [-0.05, 0) is 49.3 Å². The van der Waals surface area contributed by atoms with Gasteiger partial charge in [-0.3, -0.25) is 4.90 Å². The quantitative estimate of drug-likeness (QED) is 0.910. The minimum atomic E-state index is 0.177. The van der Waals surface area contributed by atoms with E-state index in [1.54, 1.807) is 7.11 Å². The van der Waals surface area contributed by atoms with Crippen LogP contribution in [-0.2, 0) is 17.6 Å². The number of ether oxygens (including phenoxy) is 1. The lowest BCUT2D eigenvalue weighted by Gasteiger charge is -2.45. The van der Waals surface area contributed by atoms with Crippen molar-refractivity contribution < 1.29 is 4.74 Å². The molecule has 1 aliphatic carbocycles. The largest absolute Gasteiger partial charge is 0.384 e. The maximum absolute atomic E-state index is 6.22. The number of rotatable bonds is 4. The van der Waals surface area contributed by atoms with Gasteiger partial charge >= 0.3 is 0 Å². The number of aryl methyl sites for hydroxylation is 1. The van der Waals surface area contributed by atoms with E-state index in [0.717, 1.165) is 26.1 Å². The van der Waals surface area contributed by atoms with Crippen molar-refractivity contribution in [2.75, 3.05) is 33.4 Å². The summed E-state index contributed by atoms with van der Waals surface area (Å²) in [5, 5.41) is 0. The van der Waals surface area contributed by atoms with E-state index >= 15 is 0 Å². The van der Waals surface area contributed by atoms with Gasteiger partial charge in [0.15, 0.2) is 0 Å². The molecule has 2 aliphatic rings. The van der Waals surface area contributed by atoms with E-state index in [1.807, 2.05) is 0 Å². The van der Waals surface area contributed by atoms with Gasteiger partial charge in [-0.1, -0.05) is 24.3 Å². The monoisotopic (exact) mass is 274 g/mol. The summed E-state index contributed by atoms with van der Waals surface area (Å²) in [5.74, 6) is 0.681. The normalized spacial score (nSPS) is 30.4. The minimum Gasteiger partial charge on any atom is -0.384 e. The van der Waals surface area contributed by atoms with E-state index in [2.05, 4.69) is 29.2 Å². The van der Waals surface area contributed by atoms with Crippen LogP contribution in [0.1, 0.15) is 24.0 Å². The van der Waals surface area contributed by atoms with Gasteiger partial charge in [-0.15, -0.1) is 0 Å². The van der Waals surface area contributed by atoms with Crippen LogP contribution in [0.4, 0.5) is 0 Å². The fourth-order valence-electron chi connectivity index (χ4n) is 3.99. The van der Waals surface area contributed by atoms with Crippen molar-refractivity contribution >= 4 is 0 Å². The van der Waals surface area contributed by atoms with Crippen molar-refractivity contribution in [2.45, 2.75) is 31.2 Å². The number of hydrogen-bond donors (Lipinski definition) is 1. The summed E-state index contributed by atoms with van der Waals surface area (Å²) in [5.41, 5.74) is 9.42. The van der Waals surface area contributed by atoms with Crippen molar-refractivity contribution in [3.8, 4) is 0 Å². The molecule has 2 unspecified atom stereocenters. The summed E-state index contributed by atoms with van der Waals surface area (Å²) in [6.45, 7) is 3.97. The van der Waals surface area contributed by atoms with Gasteiger partial charge in [0, 0.05) is 25.7 Å². The summed E-state index contributed by atoms with van der Waals surface area (Å²) < 4.78 is 5.33. The van der Waals surface area contributed by atoms with E-state index in [-0.39, 0.29) is 5.54 Å². The van der Waals surface area contributed by atoms with Gasteiger partial charge in [0.2, 0.25) is 0 Å². The Morgan fingerprint density at radius 2 is 2.15 bits per heavy atom. The molecule has 110 valence electrons. The highest BCUT2D eigenvalue weighted by molar-refractivity contribution is 5.32. The summed E-state index contributed by atoms with van der Waals surface area (Å²) in [6, 6.07) is 8.86. The first kappa shape index (κ1) is 14.1. The molecule has 1 aromatic carbocycles. The third-order valence-electron chi connectivity index (χ3n) is 5.24. The third kappa shape index (κ3) is 2.50. The lowest BCUT2D eigenvalue weighted by molar-refractivity contribution is 0.0907. The summed E-state index contributed by atoms with van der Waals surface area (Å²) in [7, 11) is 1.80. The molecule has 0 spiro atoms. The first-order chi connectivity index (χ1) is 9.77. The Bertz CT molecular complexity index is 462. The number of nitrogens with zero attached hydrogens (tertiary/aromatic N) is 1. The van der Waals surface area contributed by atoms with Crippen LogP contribution in [0.15, 0.2) is 24.3 Å². The second-order valence-electron chi connectivity index (χ2n) is 6.43. The molecule has 2 N–H and O–H groups in total. The van der Waals surface area contributed by atoms with Crippen LogP contribution in [-0.4, -0.2) is 43.8 Å². The van der Waals surface area contributed by atoms with Crippen molar-refractivity contribution in [1.82, 2.24) is 4.90 Å². The lowest BCUT2D eigenvalue weighted by atomic mass is 9.77. The van der Waals surface area contributed by atoms with Crippen LogP contribution >= 0.6 is 0 Å². The highest BCUT2D eigenvalue weighted by atomic mass is 16.5. The van der Waals surface area contributed by atoms with E-state index in [4.69, 9.17) is 10.5 Å². The summed E-state index contributed by atoms with van der Waals surface area (Å²) in [6.07, 6.45) is 4.72. The predicted octanol–water partition coefficient (Wildman–Crippen LogP) is 1.84. The average molecular weight is 274 g/mol. The molecule has 0 radical (unpaired) electrons. The molecule has 0 amide bonds. The molecule has 3 nitrogen and oxygen atoms in total. The molecular weight excluding hydrogens is 248 g/mol. The van der Waals surface area contributed by atoms with Gasteiger partial charge in [-0.2, -0.15) is 0 Å². The zero-order valence-electron chi connectivity index (χ0n) is 12.5. The Morgan fingerprint density at radius 3 is 2.90 bits per heavy atom. The number of methoxy groups -OCH3 is 1. The molecule has 3 rings (SSSR count). The molecule has 0 bridgehead atoms. The zero-order chi connectivity index (χ0) is 14.0. The van der Waals surface area contributed by atoms with Gasteiger partial charge in [-0.25, -0.2) is 0 Å². The Balaban J connectivity index is 1.77. The van der Waals surface area contributed by atoms with Crippen LogP contribution < -0.4 is 5.73 Å². The molecule has 1 aliphatic heterocycles. The maximum atomic E-state index is 6.22. The minimum absolute atomic E-state index is 0.177. The van der Waals surface area contributed by atoms with Crippen LogP contribution in [0, 0.1) is 5.92 Å². The fourth-order valence-corrected chi connectivity index (χ4v) is 3.99. The molecule has 1 aromatic rings. The van der Waals surface area contributed by atoms with Gasteiger partial charge < -0.3 is 10.5 Å². The van der Waals surface area contributed by atoms with Crippen molar-refractivity contribution in [2.24, 2.45) is 11.7 Å². The molecule has 1 fully saturated rings. The molecule has 0 aromatic heterocycles. The Morgan fingerprint density at radius 1 is 1.35 bits per heavy atom. The van der Waals surface area contributed by atoms with E-state index in [0.29, 0.717) is 5.92 Å². The van der Waals surface area contributed by atoms with E-state index < -0.39 is 0 Å². The van der Waals surface area contributed by atoms with E-state index in [1.165, 1.54) is 36.9 Å². The van der Waals surface area contributed by atoms with Crippen molar-refractivity contribution in [1.29, 1.82) is 0 Å². The van der Waals surface area contributed by atoms with Gasteiger partial charge in [0.1, 0.15) is 0 Å². The number of fused-ring (bicyclic) bond motifs is 1. The van der Waals surface area contributed by atoms with Crippen molar-refractivity contribution in [3.05, 3.63) is 35.4 Å². The number of hydrogen-bond acceptors (Lipinski definition) is 3. The molecule has 2 atom stereocenters. The standard InChI is InChI=1S/C17H26N2O/c1-20-12-14-7-9-19(11-14)17(13-18)8-6-15-4-2-3-5-16(15)10-17/h2-5,14H,6-13,18H2,1H3. The molecule has 20 heavy (non-hydrogen) atoms. The Kier molecular flexibility index (Phi) is 4.11. The van der Waals surface area contributed by atoms with Crippen LogP contribution in [0.5, 0.6) is 0 Å². The maximum Gasteiger partial charge on any atom is 0.0503 e. The Hall–Kier alpha value is -0.900. The molecule has 1 heterocycles. The highest BCUT2D eigenvalue weighted by Crippen LogP contribution is 2.36. The van der Waals surface area contributed by atoms with Gasteiger partial charge in [0.05, 0.1) is 6.61 Å². The lowest BCUT2D eigenvalue weighted by Crippen LogP contribution is -2.56. The topological polar surface area (TPSA) is 38.5 Å². The number of nitrogens with two attached hydrogens (primary N) is 1. The number of benzene rings is 1. The van der Waals surface area contributed by atoms with Gasteiger partial charge in [0.25, 0.3) is 0 Å². The molecular formula is C17H26N2O. The molecule has 0 saturated carbocycles. The second kappa shape index (κ2) is 5.84. The van der Waals surface area contributed by atoms with Crippen LogP contribution in [0.3, 0.4) is 0 Å². The summed E-state index contributed by atoms with van der Waals surface area (Å²) in [4.78, 5) is 2.65. The second-order valence-corrected chi connectivity index (χ2v) is 6.43. The first-order valence-electron chi connectivity index (χ1n) is 7.78. The number of likely N-dealkylation sites (tertiary alicyclic amines) is 1. The van der Waals surface area contributed by atoms with E-state index in [9.17, 15) is 0 Å². The van der Waals surface area contributed by atoms with Crippen LogP contribution in [0.25, 0.3) is 0 Å². The zero-order valence-corrected chi connectivity index (χ0v) is 12.5. The van der Waals surface area contributed by atoms with Crippen molar-refractivity contribution in [3.63, 3.8) is 0 Å². The highest BCUT2D eigenvalue weighted by Gasteiger charge is 2.41. The SMILES string of the molecule is COCC1CCN(C2(CN)CCc3ccccc3C2)C1. The predicted molar refractivity (Wildman–Crippen MR) is 81.8 cm³/mol.